The molecule has 0 spiro atoms. The van der Waals surface area contributed by atoms with Gasteiger partial charge in [-0.1, -0.05) is 19.3 Å². The second-order valence-corrected chi connectivity index (χ2v) is 5.57. The van der Waals surface area contributed by atoms with Crippen molar-refractivity contribution in [1.29, 1.82) is 0 Å². The summed E-state index contributed by atoms with van der Waals surface area (Å²) >= 11 is 0. The zero-order chi connectivity index (χ0) is 15.3. The smallest absolute Gasteiger partial charge is 0.255 e. The third kappa shape index (κ3) is 3.47. The van der Waals surface area contributed by atoms with Crippen LogP contribution in [0.2, 0.25) is 0 Å². The van der Waals surface area contributed by atoms with Gasteiger partial charge in [0.15, 0.2) is 0 Å². The van der Waals surface area contributed by atoms with Gasteiger partial charge in [-0.05, 0) is 31.0 Å². The van der Waals surface area contributed by atoms with Crippen molar-refractivity contribution in [3.05, 3.63) is 23.8 Å². The molecule has 1 aromatic rings. The van der Waals surface area contributed by atoms with Gasteiger partial charge >= 0.3 is 0 Å². The highest BCUT2D eigenvalue weighted by molar-refractivity contribution is 5.97. The minimum atomic E-state index is -0.288. The van der Waals surface area contributed by atoms with Gasteiger partial charge in [0.25, 0.3) is 5.91 Å². The van der Waals surface area contributed by atoms with E-state index in [1.165, 1.54) is 6.42 Å². The van der Waals surface area contributed by atoms with Gasteiger partial charge in [-0.15, -0.1) is 0 Å². The second-order valence-electron chi connectivity index (χ2n) is 5.57. The number of rotatable bonds is 5. The predicted molar refractivity (Wildman–Crippen MR) is 81.9 cm³/mol. The quantitative estimate of drug-likeness (QED) is 0.871. The minimum absolute atomic E-state index is 0.155. The minimum Gasteiger partial charge on any atom is -0.497 e. The van der Waals surface area contributed by atoms with Crippen LogP contribution < -0.4 is 20.5 Å². The second kappa shape index (κ2) is 6.80. The number of nitrogens with one attached hydrogen (secondary N) is 1. The zero-order valence-electron chi connectivity index (χ0n) is 12.8. The topological polar surface area (TPSA) is 73.6 Å². The van der Waals surface area contributed by atoms with Crippen molar-refractivity contribution in [1.82, 2.24) is 5.32 Å². The van der Waals surface area contributed by atoms with Crippen LogP contribution in [0, 0.1) is 0 Å². The third-order valence-corrected chi connectivity index (χ3v) is 4.23. The van der Waals surface area contributed by atoms with Gasteiger partial charge in [0.2, 0.25) is 0 Å². The summed E-state index contributed by atoms with van der Waals surface area (Å²) < 4.78 is 10.5. The fourth-order valence-electron chi connectivity index (χ4n) is 2.91. The van der Waals surface area contributed by atoms with Crippen LogP contribution in [-0.4, -0.2) is 32.2 Å². The Bertz CT molecular complexity index is 496. The third-order valence-electron chi connectivity index (χ3n) is 4.23. The molecule has 0 saturated heterocycles. The van der Waals surface area contributed by atoms with Gasteiger partial charge in [0.1, 0.15) is 11.5 Å². The van der Waals surface area contributed by atoms with Gasteiger partial charge in [-0.25, -0.2) is 0 Å². The number of ether oxygens (including phenoxy) is 2. The fraction of sp³-hybridized carbons (Fsp3) is 0.562. The largest absolute Gasteiger partial charge is 0.497 e. The summed E-state index contributed by atoms with van der Waals surface area (Å²) in [5.41, 5.74) is 6.11. The first-order valence-electron chi connectivity index (χ1n) is 7.39. The van der Waals surface area contributed by atoms with E-state index in [0.717, 1.165) is 25.7 Å². The van der Waals surface area contributed by atoms with E-state index in [9.17, 15) is 4.79 Å². The summed E-state index contributed by atoms with van der Waals surface area (Å²) in [6.45, 7) is 0.463. The van der Waals surface area contributed by atoms with Gasteiger partial charge in [0, 0.05) is 6.54 Å². The summed E-state index contributed by atoms with van der Waals surface area (Å²) in [6, 6.07) is 5.21. The van der Waals surface area contributed by atoms with Gasteiger partial charge in [-0.3, -0.25) is 4.79 Å². The molecule has 0 aliphatic heterocycles. The van der Waals surface area contributed by atoms with Crippen LogP contribution in [0.4, 0.5) is 0 Å². The summed E-state index contributed by atoms with van der Waals surface area (Å²) in [5, 5.41) is 3.12. The molecule has 1 saturated carbocycles. The number of carbonyl (C=O) groups excluding carboxylic acids is 1. The lowest BCUT2D eigenvalue weighted by molar-refractivity contribution is 0.0871. The molecule has 1 aliphatic rings. The van der Waals surface area contributed by atoms with Crippen LogP contribution in [-0.2, 0) is 0 Å². The summed E-state index contributed by atoms with van der Waals surface area (Å²) in [7, 11) is 3.13. The molecule has 1 amide bonds. The lowest BCUT2D eigenvalue weighted by Crippen LogP contribution is -2.54. The van der Waals surface area contributed by atoms with Gasteiger partial charge in [-0.2, -0.15) is 0 Å². The van der Waals surface area contributed by atoms with E-state index < -0.39 is 0 Å². The number of hydrogen-bond acceptors (Lipinski definition) is 4. The highest BCUT2D eigenvalue weighted by Crippen LogP contribution is 2.29. The number of methoxy groups -OCH3 is 2. The maximum atomic E-state index is 12.6. The Kier molecular flexibility index (Phi) is 5.07. The standard InChI is InChI=1S/C16H24N2O3/c1-20-12-6-7-14(21-2)13(10-12)15(19)18-16(11-17)8-4-3-5-9-16/h6-7,10H,3-5,8-9,11,17H2,1-2H3,(H,18,19). The van der Waals surface area contributed by atoms with E-state index >= 15 is 0 Å². The summed E-state index contributed by atoms with van der Waals surface area (Å²) in [5.74, 6) is 1.01. The Morgan fingerprint density at radius 1 is 1.24 bits per heavy atom. The van der Waals surface area contributed by atoms with Crippen molar-refractivity contribution in [3.8, 4) is 11.5 Å². The van der Waals surface area contributed by atoms with Crippen molar-refractivity contribution < 1.29 is 14.3 Å². The number of carbonyl (C=O) groups is 1. The Morgan fingerprint density at radius 2 is 1.95 bits per heavy atom. The molecule has 1 fully saturated rings. The highest BCUT2D eigenvalue weighted by Gasteiger charge is 2.33. The Balaban J connectivity index is 2.22. The lowest BCUT2D eigenvalue weighted by Gasteiger charge is -2.37. The van der Waals surface area contributed by atoms with Crippen molar-refractivity contribution >= 4 is 5.91 Å². The van der Waals surface area contributed by atoms with Gasteiger partial charge in [0.05, 0.1) is 25.3 Å². The van der Waals surface area contributed by atoms with Crippen LogP contribution in [0.25, 0.3) is 0 Å². The molecule has 0 atom stereocenters. The monoisotopic (exact) mass is 292 g/mol. The van der Waals surface area contributed by atoms with E-state index in [2.05, 4.69) is 5.32 Å². The zero-order valence-corrected chi connectivity index (χ0v) is 12.8. The van der Waals surface area contributed by atoms with Crippen LogP contribution in [0.3, 0.4) is 0 Å². The Labute approximate surface area is 125 Å². The van der Waals surface area contributed by atoms with Crippen molar-refractivity contribution in [2.24, 2.45) is 5.73 Å². The predicted octanol–water partition coefficient (Wildman–Crippen LogP) is 2.10. The number of nitrogens with two attached hydrogens (primary N) is 1. The van der Waals surface area contributed by atoms with Crippen molar-refractivity contribution in [2.75, 3.05) is 20.8 Å². The van der Waals surface area contributed by atoms with Crippen LogP contribution in [0.1, 0.15) is 42.5 Å². The van der Waals surface area contributed by atoms with Crippen LogP contribution >= 0.6 is 0 Å². The first kappa shape index (κ1) is 15.6. The molecule has 2 rings (SSSR count). The maximum Gasteiger partial charge on any atom is 0.255 e. The maximum absolute atomic E-state index is 12.6. The highest BCUT2D eigenvalue weighted by atomic mass is 16.5. The molecule has 0 radical (unpaired) electrons. The molecule has 1 aromatic carbocycles. The van der Waals surface area contributed by atoms with Crippen molar-refractivity contribution in [2.45, 2.75) is 37.6 Å². The Hall–Kier alpha value is -1.75. The van der Waals surface area contributed by atoms with E-state index in [4.69, 9.17) is 15.2 Å². The normalized spacial score (nSPS) is 17.1. The number of hydrogen-bond donors (Lipinski definition) is 2. The SMILES string of the molecule is COc1ccc(OC)c(C(=O)NC2(CN)CCCCC2)c1. The number of benzene rings is 1. The van der Waals surface area contributed by atoms with E-state index in [-0.39, 0.29) is 11.4 Å². The molecule has 0 bridgehead atoms. The summed E-state index contributed by atoms with van der Waals surface area (Å²) in [6.07, 6.45) is 5.28. The van der Waals surface area contributed by atoms with Crippen molar-refractivity contribution in [3.63, 3.8) is 0 Å². The average molecular weight is 292 g/mol. The Morgan fingerprint density at radius 3 is 2.52 bits per heavy atom. The summed E-state index contributed by atoms with van der Waals surface area (Å²) in [4.78, 5) is 12.6. The molecule has 21 heavy (non-hydrogen) atoms. The fourth-order valence-corrected chi connectivity index (χ4v) is 2.91. The molecular weight excluding hydrogens is 268 g/mol. The van der Waals surface area contributed by atoms with E-state index in [0.29, 0.717) is 23.6 Å². The molecule has 3 N–H and O–H groups in total. The molecule has 0 heterocycles. The molecule has 5 heteroatoms. The van der Waals surface area contributed by atoms with Gasteiger partial charge < -0.3 is 20.5 Å². The molecular formula is C16H24N2O3. The molecule has 0 aromatic heterocycles. The molecule has 0 unspecified atom stereocenters. The average Bonchev–Trinajstić information content (AvgIpc) is 2.55. The molecule has 1 aliphatic carbocycles. The van der Waals surface area contributed by atoms with E-state index in [1.807, 2.05) is 0 Å². The van der Waals surface area contributed by atoms with Crippen LogP contribution in [0.15, 0.2) is 18.2 Å². The molecule has 5 nitrogen and oxygen atoms in total. The first-order valence-corrected chi connectivity index (χ1v) is 7.39. The van der Waals surface area contributed by atoms with Crippen LogP contribution in [0.5, 0.6) is 11.5 Å². The van der Waals surface area contributed by atoms with E-state index in [1.54, 1.807) is 32.4 Å². The lowest BCUT2D eigenvalue weighted by atomic mass is 9.81. The number of amides is 1. The first-order chi connectivity index (χ1) is 10.1. The molecule has 116 valence electrons.